The Morgan fingerprint density at radius 1 is 0.833 bits per heavy atom. The largest absolute Gasteiger partial charge is 0.478 e. The number of carboxylic acid groups (broad SMARTS) is 2. The number of hydrogen-bond donors (Lipinski definition) is 4. The Hall–Kier alpha value is -2.04. The maximum atomic E-state index is 10.3. The summed E-state index contributed by atoms with van der Waals surface area (Å²) >= 11 is 0. The molecule has 0 atom stereocenters. The molecule has 0 unspecified atom stereocenters. The summed E-state index contributed by atoms with van der Waals surface area (Å²) in [5.41, 5.74) is 0.167. The van der Waals surface area contributed by atoms with E-state index in [0.717, 1.165) is 0 Å². The molecule has 0 aliphatic heterocycles. The van der Waals surface area contributed by atoms with Crippen LogP contribution in [0.1, 0.15) is 20.7 Å². The van der Waals surface area contributed by atoms with Crippen molar-refractivity contribution in [3.05, 3.63) is 35.4 Å². The van der Waals surface area contributed by atoms with Gasteiger partial charge in [-0.2, -0.15) is 8.42 Å². The first-order chi connectivity index (χ1) is 7.61. The van der Waals surface area contributed by atoms with Crippen LogP contribution in [0.3, 0.4) is 0 Å². The Balaban J connectivity index is 0. The van der Waals surface area contributed by atoms with E-state index in [-0.39, 0.29) is 15.8 Å². The normalized spacial score (nSPS) is 9.44. The molecule has 1 aromatic rings. The van der Waals surface area contributed by atoms with Gasteiger partial charge in [0.25, 0.3) is 0 Å². The number of carbonyl (C=O) groups is 2. The minimum absolute atomic E-state index is 0. The Morgan fingerprint density at radius 2 is 1.00 bits per heavy atom. The molecule has 0 aromatic heterocycles. The predicted molar refractivity (Wildman–Crippen MR) is 57.0 cm³/mol. The summed E-state index contributed by atoms with van der Waals surface area (Å²) in [7, 11) is -4.67. The van der Waals surface area contributed by atoms with Gasteiger partial charge in [-0.3, -0.25) is 13.8 Å². The van der Waals surface area contributed by atoms with Crippen LogP contribution in [0.2, 0.25) is 0 Å². The lowest BCUT2D eigenvalue weighted by molar-refractivity contribution is 0.0681. The Morgan fingerprint density at radius 3 is 1.11 bits per heavy atom. The Kier molecular flexibility index (Phi) is 7.45. The first kappa shape index (κ1) is 18.3. The monoisotopic (exact) mass is 284 g/mol. The fourth-order valence-corrected chi connectivity index (χ4v) is 0.755. The molecular weight excluding hydrogens is 275 g/mol. The van der Waals surface area contributed by atoms with Gasteiger partial charge in [0.1, 0.15) is 0 Å². The molecule has 0 aliphatic rings. The van der Waals surface area contributed by atoms with Crippen LogP contribution >= 0.6 is 0 Å². The third-order valence-corrected chi connectivity index (χ3v) is 1.38. The second kappa shape index (κ2) is 7.32. The molecule has 0 heterocycles. The van der Waals surface area contributed by atoms with Gasteiger partial charge in [0, 0.05) is 0 Å². The standard InChI is InChI=1S/C8H6O4.FH.H2O4S/c9-7(10)5-1-2-6(4-3-5)8(11)12;;1-5(2,3)4/h1-4H,(H,9,10)(H,11,12);1H;(H2,1,2,3,4). The van der Waals surface area contributed by atoms with E-state index < -0.39 is 22.3 Å². The van der Waals surface area contributed by atoms with E-state index in [1.807, 2.05) is 0 Å². The lowest BCUT2D eigenvalue weighted by Crippen LogP contribution is -1.99. The van der Waals surface area contributed by atoms with Crippen LogP contribution in [0.25, 0.3) is 0 Å². The molecule has 8 nitrogen and oxygen atoms in total. The number of benzene rings is 1. The molecular formula is C8H9FO8S. The summed E-state index contributed by atoms with van der Waals surface area (Å²) < 4.78 is 31.6. The van der Waals surface area contributed by atoms with Crippen LogP contribution in [0.15, 0.2) is 24.3 Å². The third kappa shape index (κ3) is 9.21. The van der Waals surface area contributed by atoms with E-state index in [1.54, 1.807) is 0 Å². The summed E-state index contributed by atoms with van der Waals surface area (Å²) in [6.07, 6.45) is 0. The zero-order valence-corrected chi connectivity index (χ0v) is 9.36. The molecule has 1 rings (SSSR count). The number of halogens is 1. The SMILES string of the molecule is F.O=C(O)c1ccc(C(=O)O)cc1.O=S(=O)(O)O. The number of rotatable bonds is 2. The molecule has 0 fully saturated rings. The third-order valence-electron chi connectivity index (χ3n) is 1.38. The fraction of sp³-hybridized carbons (Fsp3) is 0. The fourth-order valence-electron chi connectivity index (χ4n) is 0.755. The number of aromatic carboxylic acids is 2. The van der Waals surface area contributed by atoms with Crippen molar-refractivity contribution >= 4 is 22.3 Å². The molecule has 0 amide bonds. The summed E-state index contributed by atoms with van der Waals surface area (Å²) in [4.78, 5) is 20.7. The zero-order valence-electron chi connectivity index (χ0n) is 8.55. The van der Waals surface area contributed by atoms with Crippen molar-refractivity contribution in [3.8, 4) is 0 Å². The molecule has 0 saturated heterocycles. The average Bonchev–Trinajstić information content (AvgIpc) is 2.15. The van der Waals surface area contributed by atoms with Crippen molar-refractivity contribution < 1.29 is 42.0 Å². The van der Waals surface area contributed by atoms with Gasteiger partial charge < -0.3 is 10.2 Å². The first-order valence-corrected chi connectivity index (χ1v) is 5.27. The lowest BCUT2D eigenvalue weighted by Gasteiger charge is -1.94. The summed E-state index contributed by atoms with van der Waals surface area (Å²) in [6, 6.07) is 5.02. The minimum atomic E-state index is -4.67. The molecule has 0 saturated carbocycles. The molecule has 1 aromatic carbocycles. The maximum absolute atomic E-state index is 10.3. The number of hydrogen-bond acceptors (Lipinski definition) is 4. The second-order valence-electron chi connectivity index (χ2n) is 2.64. The minimum Gasteiger partial charge on any atom is -0.478 e. The van der Waals surface area contributed by atoms with Crippen molar-refractivity contribution in [3.63, 3.8) is 0 Å². The topological polar surface area (TPSA) is 149 Å². The van der Waals surface area contributed by atoms with Gasteiger partial charge in [0.2, 0.25) is 0 Å². The quantitative estimate of drug-likeness (QED) is 0.576. The van der Waals surface area contributed by atoms with Gasteiger partial charge in [-0.05, 0) is 24.3 Å². The highest BCUT2D eigenvalue weighted by molar-refractivity contribution is 7.79. The van der Waals surface area contributed by atoms with Gasteiger partial charge in [-0.15, -0.1) is 0 Å². The molecule has 18 heavy (non-hydrogen) atoms. The average molecular weight is 284 g/mol. The van der Waals surface area contributed by atoms with Crippen LogP contribution in [0, 0.1) is 0 Å². The highest BCUT2D eigenvalue weighted by Gasteiger charge is 2.04. The molecule has 4 N–H and O–H groups in total. The van der Waals surface area contributed by atoms with Crippen molar-refractivity contribution in [2.24, 2.45) is 0 Å². The molecule has 0 spiro atoms. The van der Waals surface area contributed by atoms with E-state index >= 15 is 0 Å². The van der Waals surface area contributed by atoms with E-state index in [2.05, 4.69) is 0 Å². The van der Waals surface area contributed by atoms with Crippen molar-refractivity contribution in [2.75, 3.05) is 0 Å². The maximum Gasteiger partial charge on any atom is 0.394 e. The molecule has 0 aliphatic carbocycles. The molecule has 10 heteroatoms. The van der Waals surface area contributed by atoms with Crippen LogP contribution in [0.4, 0.5) is 4.70 Å². The summed E-state index contributed by atoms with van der Waals surface area (Å²) in [5, 5.41) is 16.9. The van der Waals surface area contributed by atoms with E-state index in [4.69, 9.17) is 27.7 Å². The van der Waals surface area contributed by atoms with Gasteiger partial charge in [-0.1, -0.05) is 0 Å². The van der Waals surface area contributed by atoms with Crippen LogP contribution in [0.5, 0.6) is 0 Å². The predicted octanol–water partition coefficient (Wildman–Crippen LogP) is 0.583. The van der Waals surface area contributed by atoms with Gasteiger partial charge in [0.15, 0.2) is 0 Å². The van der Waals surface area contributed by atoms with Crippen molar-refractivity contribution in [1.82, 2.24) is 0 Å². The Bertz CT molecular complexity index is 465. The van der Waals surface area contributed by atoms with E-state index in [0.29, 0.717) is 0 Å². The van der Waals surface area contributed by atoms with Crippen molar-refractivity contribution in [1.29, 1.82) is 0 Å². The molecule has 0 radical (unpaired) electrons. The van der Waals surface area contributed by atoms with E-state index in [9.17, 15) is 9.59 Å². The molecule has 0 bridgehead atoms. The van der Waals surface area contributed by atoms with Gasteiger partial charge in [-0.25, -0.2) is 9.59 Å². The number of carboxylic acids is 2. The zero-order chi connectivity index (χ0) is 13.6. The molecule has 102 valence electrons. The highest BCUT2D eigenvalue weighted by Crippen LogP contribution is 2.03. The Labute approximate surface area is 100 Å². The smallest absolute Gasteiger partial charge is 0.394 e. The van der Waals surface area contributed by atoms with E-state index in [1.165, 1.54) is 24.3 Å². The summed E-state index contributed by atoms with van der Waals surface area (Å²) in [5.74, 6) is -2.13. The first-order valence-electron chi connectivity index (χ1n) is 3.88. The van der Waals surface area contributed by atoms with Crippen LogP contribution in [-0.2, 0) is 10.4 Å². The highest BCUT2D eigenvalue weighted by atomic mass is 32.3. The van der Waals surface area contributed by atoms with Gasteiger partial charge in [0.05, 0.1) is 11.1 Å². The van der Waals surface area contributed by atoms with Gasteiger partial charge >= 0.3 is 22.3 Å². The lowest BCUT2D eigenvalue weighted by atomic mass is 10.1. The van der Waals surface area contributed by atoms with Crippen molar-refractivity contribution in [2.45, 2.75) is 0 Å². The summed E-state index contributed by atoms with van der Waals surface area (Å²) in [6.45, 7) is 0. The van der Waals surface area contributed by atoms with Crippen LogP contribution < -0.4 is 0 Å². The van der Waals surface area contributed by atoms with Crippen LogP contribution in [-0.4, -0.2) is 39.7 Å². The second-order valence-corrected chi connectivity index (χ2v) is 3.53.